The van der Waals surface area contributed by atoms with Gasteiger partial charge in [0.15, 0.2) is 5.69 Å². The number of carbonyl (C=O) groups excluding carboxylic acids is 1. The minimum absolute atomic E-state index is 0.196. The normalized spacial score (nSPS) is 18.3. The highest BCUT2D eigenvalue weighted by atomic mass is 19.4. The zero-order valence-electron chi connectivity index (χ0n) is 27.0. The molecule has 3 aromatic rings. The third kappa shape index (κ3) is 7.81. The lowest BCUT2D eigenvalue weighted by Crippen LogP contribution is -2.47. The summed E-state index contributed by atoms with van der Waals surface area (Å²) in [7, 11) is 0. The number of hydrogen-bond acceptors (Lipinski definition) is 7. The van der Waals surface area contributed by atoms with Gasteiger partial charge in [-0.25, -0.2) is 9.37 Å². The molecule has 2 fully saturated rings. The summed E-state index contributed by atoms with van der Waals surface area (Å²) in [6.07, 6.45) is 9.51. The van der Waals surface area contributed by atoms with E-state index >= 15 is 0 Å². The maximum atomic E-state index is 14.5. The Balaban J connectivity index is 1.05. The second-order valence-electron chi connectivity index (χ2n) is 12.4. The van der Waals surface area contributed by atoms with Crippen LogP contribution in [0.5, 0.6) is 0 Å². The molecule has 0 atom stereocenters. The summed E-state index contributed by atoms with van der Waals surface area (Å²) in [6, 6.07) is 9.95. The van der Waals surface area contributed by atoms with E-state index in [1.165, 1.54) is 17.8 Å². The number of allylic oxidation sites excluding steroid dienone is 5. The molecule has 0 unspecified atom stereocenters. The molecule has 1 aliphatic carbocycles. The summed E-state index contributed by atoms with van der Waals surface area (Å²) in [5, 5.41) is 2.50. The Morgan fingerprint density at radius 3 is 2.44 bits per heavy atom. The number of nitrogens with one attached hydrogen (secondary N) is 1. The van der Waals surface area contributed by atoms with Crippen LogP contribution in [0, 0.1) is 11.7 Å². The molecule has 1 aromatic carbocycles. The van der Waals surface area contributed by atoms with Crippen LogP contribution < -0.4 is 15.1 Å². The van der Waals surface area contributed by atoms with Crippen LogP contribution in [0.25, 0.3) is 5.57 Å². The molecule has 2 aliphatic heterocycles. The van der Waals surface area contributed by atoms with Crippen LogP contribution in [0.1, 0.15) is 60.8 Å². The average molecular weight is 665 g/mol. The van der Waals surface area contributed by atoms with Gasteiger partial charge >= 0.3 is 6.18 Å². The summed E-state index contributed by atoms with van der Waals surface area (Å²) in [5.41, 5.74) is 1.76. The van der Waals surface area contributed by atoms with Crippen LogP contribution in [-0.4, -0.2) is 66.6 Å². The molecule has 48 heavy (non-hydrogen) atoms. The van der Waals surface area contributed by atoms with E-state index in [9.17, 15) is 22.4 Å². The predicted octanol–water partition coefficient (Wildman–Crippen LogP) is 7.59. The number of nitrogens with zero attached hydrogens (tertiary/aromatic N) is 5. The molecule has 0 radical (unpaired) electrons. The van der Waals surface area contributed by atoms with Gasteiger partial charge in [0, 0.05) is 51.4 Å². The minimum Gasteiger partial charge on any atom is -0.417 e. The largest absolute Gasteiger partial charge is 0.437 e. The Morgan fingerprint density at radius 1 is 1.02 bits per heavy atom. The number of halogens is 4. The van der Waals surface area contributed by atoms with Crippen molar-refractivity contribution in [1.82, 2.24) is 14.9 Å². The van der Waals surface area contributed by atoms with E-state index < -0.39 is 23.5 Å². The molecule has 1 amide bonds. The number of anilines is 3. The number of piperazine rings is 1. The van der Waals surface area contributed by atoms with Crippen LogP contribution >= 0.6 is 0 Å². The van der Waals surface area contributed by atoms with Crippen LogP contribution in [0.4, 0.5) is 35.1 Å². The number of piperidine rings is 1. The molecule has 12 heteroatoms. The van der Waals surface area contributed by atoms with E-state index in [-0.39, 0.29) is 17.5 Å². The van der Waals surface area contributed by atoms with E-state index in [4.69, 9.17) is 4.42 Å². The smallest absolute Gasteiger partial charge is 0.417 e. The van der Waals surface area contributed by atoms with E-state index in [0.29, 0.717) is 50.0 Å². The summed E-state index contributed by atoms with van der Waals surface area (Å²) < 4.78 is 61.8. The Morgan fingerprint density at radius 2 is 1.79 bits per heavy atom. The Kier molecular flexibility index (Phi) is 10.3. The number of oxazole rings is 1. The van der Waals surface area contributed by atoms with Crippen LogP contribution in [0.15, 0.2) is 76.9 Å². The highest BCUT2D eigenvalue weighted by molar-refractivity contribution is 6.03. The van der Waals surface area contributed by atoms with Crippen molar-refractivity contribution in [1.29, 1.82) is 0 Å². The van der Waals surface area contributed by atoms with Crippen molar-refractivity contribution in [3.63, 3.8) is 0 Å². The number of pyridine rings is 1. The first-order valence-corrected chi connectivity index (χ1v) is 16.6. The SMILES string of the molecule is CC/C=C(/CN1CCN(c2ccc(NC(=O)c3oc(N4CCC(C5=CCCC=C5)CC4)nc3C(F)(F)F)cn2)CC1)c1ccccc1F. The van der Waals surface area contributed by atoms with E-state index in [2.05, 4.69) is 49.4 Å². The maximum absolute atomic E-state index is 14.5. The monoisotopic (exact) mass is 664 g/mol. The van der Waals surface area contributed by atoms with Gasteiger partial charge in [0.05, 0.1) is 11.9 Å². The van der Waals surface area contributed by atoms with Gasteiger partial charge in [-0.15, -0.1) is 0 Å². The zero-order chi connectivity index (χ0) is 33.7. The van der Waals surface area contributed by atoms with Crippen molar-refractivity contribution < 1.29 is 26.8 Å². The highest BCUT2D eigenvalue weighted by Gasteiger charge is 2.42. The average Bonchev–Trinajstić information content (AvgIpc) is 3.57. The van der Waals surface area contributed by atoms with Crippen molar-refractivity contribution in [3.8, 4) is 0 Å². The van der Waals surface area contributed by atoms with Crippen molar-refractivity contribution >= 4 is 29.0 Å². The number of carbonyl (C=O) groups is 1. The number of hydrogen-bond donors (Lipinski definition) is 1. The fourth-order valence-corrected chi connectivity index (χ4v) is 6.57. The first-order chi connectivity index (χ1) is 23.2. The number of benzene rings is 1. The molecule has 2 saturated heterocycles. The lowest BCUT2D eigenvalue weighted by Gasteiger charge is -2.36. The lowest BCUT2D eigenvalue weighted by atomic mass is 9.86. The minimum atomic E-state index is -4.86. The Labute approximate surface area is 277 Å². The summed E-state index contributed by atoms with van der Waals surface area (Å²) in [5.74, 6) is -1.11. The van der Waals surface area contributed by atoms with Gasteiger partial charge in [0.1, 0.15) is 11.6 Å². The predicted molar refractivity (Wildman–Crippen MR) is 178 cm³/mol. The molecule has 8 nitrogen and oxygen atoms in total. The van der Waals surface area contributed by atoms with Crippen LogP contribution in [0.2, 0.25) is 0 Å². The van der Waals surface area contributed by atoms with Crippen molar-refractivity contribution in [2.75, 3.05) is 60.9 Å². The Bertz CT molecular complexity index is 1660. The van der Waals surface area contributed by atoms with E-state index in [0.717, 1.165) is 50.8 Å². The van der Waals surface area contributed by atoms with Gasteiger partial charge in [0.25, 0.3) is 11.9 Å². The van der Waals surface area contributed by atoms with Crippen LogP contribution in [-0.2, 0) is 6.18 Å². The van der Waals surface area contributed by atoms with Gasteiger partial charge in [-0.1, -0.05) is 49.4 Å². The summed E-state index contributed by atoms with van der Waals surface area (Å²) in [6.45, 7) is 6.51. The lowest BCUT2D eigenvalue weighted by molar-refractivity contribution is -0.141. The number of amides is 1. The number of rotatable bonds is 9. The molecule has 4 heterocycles. The third-order valence-corrected chi connectivity index (χ3v) is 9.12. The summed E-state index contributed by atoms with van der Waals surface area (Å²) >= 11 is 0. The molecule has 6 rings (SSSR count). The first-order valence-electron chi connectivity index (χ1n) is 16.6. The second-order valence-corrected chi connectivity index (χ2v) is 12.4. The third-order valence-electron chi connectivity index (χ3n) is 9.12. The van der Waals surface area contributed by atoms with Gasteiger partial charge in [-0.05, 0) is 67.4 Å². The van der Waals surface area contributed by atoms with Gasteiger partial charge < -0.3 is 19.5 Å². The molecule has 254 valence electrons. The quantitative estimate of drug-likeness (QED) is 0.236. The molecular formula is C36H40F4N6O2. The Hall–Kier alpha value is -4.45. The number of alkyl halides is 3. The van der Waals surface area contributed by atoms with Gasteiger partial charge in [-0.2, -0.15) is 18.2 Å². The maximum Gasteiger partial charge on any atom is 0.437 e. The summed E-state index contributed by atoms with van der Waals surface area (Å²) in [4.78, 5) is 27.3. The molecule has 3 aliphatic rings. The standard InChI is InChI=1S/C36H40F4N6O2/c1-2-8-27(29-11-6-7-12-30(29)37)24-44-19-21-45(22-20-44)31-14-13-28(23-41-31)42-34(47)32-33(36(38,39)40)43-35(48-32)46-17-15-26(16-18-46)25-9-4-3-5-10-25/h4,6-14,23,26H,2-3,5,15-22,24H2,1H3,(H,42,47)/b27-8-. The van der Waals surface area contributed by atoms with Gasteiger partial charge in [-0.3, -0.25) is 9.69 Å². The molecule has 0 bridgehead atoms. The second kappa shape index (κ2) is 14.8. The fourth-order valence-electron chi connectivity index (χ4n) is 6.57. The van der Waals surface area contributed by atoms with Crippen molar-refractivity contribution in [3.05, 3.63) is 95.3 Å². The topological polar surface area (TPSA) is 77.7 Å². The highest BCUT2D eigenvalue weighted by Crippen LogP contribution is 2.36. The van der Waals surface area contributed by atoms with E-state index in [1.807, 2.05) is 13.0 Å². The van der Waals surface area contributed by atoms with E-state index in [1.54, 1.807) is 29.2 Å². The fraction of sp³-hybridized carbons (Fsp3) is 0.417. The van der Waals surface area contributed by atoms with Gasteiger partial charge in [0.2, 0.25) is 5.76 Å². The van der Waals surface area contributed by atoms with Crippen molar-refractivity contribution in [2.45, 2.75) is 45.2 Å². The molecule has 0 saturated carbocycles. The molecule has 1 N–H and O–H groups in total. The van der Waals surface area contributed by atoms with Crippen LogP contribution in [0.3, 0.4) is 0 Å². The number of aromatic nitrogens is 2. The molecule has 0 spiro atoms. The first kappa shape index (κ1) is 33.5. The molecular weight excluding hydrogens is 624 g/mol. The zero-order valence-corrected chi connectivity index (χ0v) is 27.0. The molecule has 2 aromatic heterocycles. The van der Waals surface area contributed by atoms with Crippen molar-refractivity contribution in [2.24, 2.45) is 5.92 Å².